The molecule has 0 saturated heterocycles. The van der Waals surface area contributed by atoms with Crippen molar-refractivity contribution in [2.45, 2.75) is 12.5 Å². The SMILES string of the molecule is COc1ccc(OC)c([C@H]2CC(=O)NC(NC(=O)c3ccc(Cl)cc3)=N2)c1. The summed E-state index contributed by atoms with van der Waals surface area (Å²) in [6.07, 6.45) is 0.129. The topological polar surface area (TPSA) is 89.0 Å². The standard InChI is InChI=1S/C19H18ClN3O4/c1-26-13-7-8-16(27-2)14(9-13)15-10-17(24)22-19(21-15)23-18(25)11-3-5-12(20)6-4-11/h3-9,15H,10H2,1-2H3,(H2,21,22,23,24,25)/t15-/m1/s1. The van der Waals surface area contributed by atoms with Crippen LogP contribution in [-0.2, 0) is 4.79 Å². The summed E-state index contributed by atoms with van der Waals surface area (Å²) in [6, 6.07) is 11.2. The molecule has 1 heterocycles. The van der Waals surface area contributed by atoms with E-state index in [1.807, 2.05) is 0 Å². The quantitative estimate of drug-likeness (QED) is 0.844. The molecule has 140 valence electrons. The first-order valence-corrected chi connectivity index (χ1v) is 8.54. The van der Waals surface area contributed by atoms with E-state index in [-0.39, 0.29) is 18.3 Å². The van der Waals surface area contributed by atoms with Crippen LogP contribution in [0.15, 0.2) is 47.5 Å². The summed E-state index contributed by atoms with van der Waals surface area (Å²) in [5.41, 5.74) is 1.10. The number of hydrogen-bond acceptors (Lipinski definition) is 5. The minimum absolute atomic E-state index is 0.0843. The van der Waals surface area contributed by atoms with E-state index in [1.165, 1.54) is 0 Å². The molecule has 27 heavy (non-hydrogen) atoms. The molecule has 0 bridgehead atoms. The fraction of sp³-hybridized carbons (Fsp3) is 0.211. The van der Waals surface area contributed by atoms with E-state index in [0.717, 1.165) is 0 Å². The summed E-state index contributed by atoms with van der Waals surface area (Å²) < 4.78 is 10.6. The van der Waals surface area contributed by atoms with Crippen LogP contribution in [0.3, 0.4) is 0 Å². The second kappa shape index (κ2) is 8.09. The number of ether oxygens (including phenoxy) is 2. The van der Waals surface area contributed by atoms with Crippen LogP contribution in [0.2, 0.25) is 5.02 Å². The second-order valence-electron chi connectivity index (χ2n) is 5.81. The second-order valence-corrected chi connectivity index (χ2v) is 6.25. The van der Waals surface area contributed by atoms with Crippen LogP contribution in [0.25, 0.3) is 0 Å². The Morgan fingerprint density at radius 3 is 2.59 bits per heavy atom. The van der Waals surface area contributed by atoms with Gasteiger partial charge in [-0.05, 0) is 42.5 Å². The van der Waals surface area contributed by atoms with Crippen LogP contribution in [0.4, 0.5) is 0 Å². The lowest BCUT2D eigenvalue weighted by Crippen LogP contribution is -2.47. The number of methoxy groups -OCH3 is 2. The summed E-state index contributed by atoms with van der Waals surface area (Å²) >= 11 is 5.83. The normalized spacial score (nSPS) is 16.2. The van der Waals surface area contributed by atoms with Crippen molar-refractivity contribution in [3.05, 3.63) is 58.6 Å². The summed E-state index contributed by atoms with van der Waals surface area (Å²) in [4.78, 5) is 29.0. The summed E-state index contributed by atoms with van der Waals surface area (Å²) in [7, 11) is 3.10. The maximum absolute atomic E-state index is 12.4. The van der Waals surface area contributed by atoms with Crippen LogP contribution in [-0.4, -0.2) is 32.0 Å². The molecule has 0 fully saturated rings. The first kappa shape index (κ1) is 18.7. The molecule has 0 saturated carbocycles. The lowest BCUT2D eigenvalue weighted by Gasteiger charge is -2.23. The largest absolute Gasteiger partial charge is 0.497 e. The lowest BCUT2D eigenvalue weighted by atomic mass is 10.0. The van der Waals surface area contributed by atoms with Gasteiger partial charge in [0.15, 0.2) is 0 Å². The van der Waals surface area contributed by atoms with Crippen LogP contribution in [0.5, 0.6) is 11.5 Å². The average Bonchev–Trinajstić information content (AvgIpc) is 2.67. The molecule has 0 spiro atoms. The maximum atomic E-state index is 12.4. The van der Waals surface area contributed by atoms with Crippen LogP contribution in [0, 0.1) is 0 Å². The third-order valence-corrected chi connectivity index (χ3v) is 4.31. The fourth-order valence-electron chi connectivity index (χ4n) is 2.72. The number of benzene rings is 2. The molecule has 8 heteroatoms. The Morgan fingerprint density at radius 2 is 1.93 bits per heavy atom. The van der Waals surface area contributed by atoms with Crippen molar-refractivity contribution in [2.24, 2.45) is 4.99 Å². The number of guanidine groups is 1. The third kappa shape index (κ3) is 4.38. The monoisotopic (exact) mass is 387 g/mol. The molecular weight excluding hydrogens is 370 g/mol. The number of carbonyl (C=O) groups is 2. The molecule has 0 aromatic heterocycles. The van der Waals surface area contributed by atoms with Crippen molar-refractivity contribution < 1.29 is 19.1 Å². The van der Waals surface area contributed by atoms with Crippen LogP contribution < -0.4 is 20.1 Å². The van der Waals surface area contributed by atoms with Crippen molar-refractivity contribution in [3.63, 3.8) is 0 Å². The number of halogens is 1. The van der Waals surface area contributed by atoms with E-state index < -0.39 is 11.9 Å². The average molecular weight is 388 g/mol. The van der Waals surface area contributed by atoms with E-state index in [4.69, 9.17) is 21.1 Å². The molecule has 1 atom stereocenters. The van der Waals surface area contributed by atoms with E-state index in [0.29, 0.717) is 27.6 Å². The van der Waals surface area contributed by atoms with Gasteiger partial charge in [-0.15, -0.1) is 0 Å². The van der Waals surface area contributed by atoms with Crippen LogP contribution >= 0.6 is 11.6 Å². The Morgan fingerprint density at radius 1 is 1.19 bits per heavy atom. The molecule has 2 aromatic carbocycles. The van der Waals surface area contributed by atoms with Crippen molar-refractivity contribution in [2.75, 3.05) is 14.2 Å². The first-order chi connectivity index (χ1) is 13.0. The number of carbonyl (C=O) groups excluding carboxylic acids is 2. The van der Waals surface area contributed by atoms with E-state index in [1.54, 1.807) is 56.7 Å². The molecule has 2 N–H and O–H groups in total. The van der Waals surface area contributed by atoms with Crippen molar-refractivity contribution in [3.8, 4) is 11.5 Å². The van der Waals surface area contributed by atoms with Crippen molar-refractivity contribution in [1.29, 1.82) is 0 Å². The number of nitrogens with one attached hydrogen (secondary N) is 2. The Balaban J connectivity index is 1.87. The molecular formula is C19H18ClN3O4. The Kier molecular flexibility index (Phi) is 5.61. The third-order valence-electron chi connectivity index (χ3n) is 4.06. The van der Waals surface area contributed by atoms with Gasteiger partial charge < -0.3 is 9.47 Å². The summed E-state index contributed by atoms with van der Waals surface area (Å²) in [5, 5.41) is 5.72. The summed E-state index contributed by atoms with van der Waals surface area (Å²) in [5.74, 6) is 0.637. The molecule has 0 unspecified atom stereocenters. The van der Waals surface area contributed by atoms with Gasteiger partial charge in [0.05, 0.1) is 26.7 Å². The Bertz CT molecular complexity index is 896. The molecule has 2 amide bonds. The highest BCUT2D eigenvalue weighted by Crippen LogP contribution is 2.34. The van der Waals surface area contributed by atoms with Gasteiger partial charge in [-0.2, -0.15) is 0 Å². The van der Waals surface area contributed by atoms with Gasteiger partial charge in [0.2, 0.25) is 11.9 Å². The summed E-state index contributed by atoms with van der Waals surface area (Å²) in [6.45, 7) is 0. The van der Waals surface area contributed by atoms with Gasteiger partial charge in [0, 0.05) is 16.1 Å². The van der Waals surface area contributed by atoms with Gasteiger partial charge >= 0.3 is 0 Å². The number of nitrogens with zero attached hydrogens (tertiary/aromatic N) is 1. The van der Waals surface area contributed by atoms with E-state index in [2.05, 4.69) is 15.6 Å². The predicted molar refractivity (Wildman–Crippen MR) is 101 cm³/mol. The molecule has 7 nitrogen and oxygen atoms in total. The number of amides is 2. The van der Waals surface area contributed by atoms with Crippen LogP contribution in [0.1, 0.15) is 28.4 Å². The van der Waals surface area contributed by atoms with Gasteiger partial charge in [0.1, 0.15) is 11.5 Å². The van der Waals surface area contributed by atoms with E-state index >= 15 is 0 Å². The first-order valence-electron chi connectivity index (χ1n) is 8.16. The zero-order chi connectivity index (χ0) is 19.4. The smallest absolute Gasteiger partial charge is 0.257 e. The number of rotatable bonds is 4. The molecule has 0 aliphatic carbocycles. The molecule has 0 radical (unpaired) electrons. The number of hydrogen-bond donors (Lipinski definition) is 2. The Hall–Kier alpha value is -3.06. The molecule has 2 aromatic rings. The van der Waals surface area contributed by atoms with Gasteiger partial charge in [-0.3, -0.25) is 20.2 Å². The minimum atomic E-state index is -0.510. The van der Waals surface area contributed by atoms with E-state index in [9.17, 15) is 9.59 Å². The predicted octanol–water partition coefficient (Wildman–Crippen LogP) is 2.70. The maximum Gasteiger partial charge on any atom is 0.257 e. The molecule has 1 aliphatic heterocycles. The lowest BCUT2D eigenvalue weighted by molar-refractivity contribution is -0.120. The zero-order valence-corrected chi connectivity index (χ0v) is 15.5. The highest BCUT2D eigenvalue weighted by atomic mass is 35.5. The Labute approximate surface area is 161 Å². The van der Waals surface area contributed by atoms with Crippen molar-refractivity contribution >= 4 is 29.4 Å². The fourth-order valence-corrected chi connectivity index (χ4v) is 2.84. The number of aliphatic imine (C=N–C) groups is 1. The van der Waals surface area contributed by atoms with Crippen molar-refractivity contribution in [1.82, 2.24) is 10.6 Å². The molecule has 3 rings (SSSR count). The highest BCUT2D eigenvalue weighted by Gasteiger charge is 2.26. The van der Waals surface area contributed by atoms with Gasteiger partial charge in [0.25, 0.3) is 5.91 Å². The highest BCUT2D eigenvalue weighted by molar-refractivity contribution is 6.30. The molecule has 1 aliphatic rings. The zero-order valence-electron chi connectivity index (χ0n) is 14.8. The van der Waals surface area contributed by atoms with Gasteiger partial charge in [-0.25, -0.2) is 4.99 Å². The van der Waals surface area contributed by atoms with Gasteiger partial charge in [-0.1, -0.05) is 11.6 Å². The minimum Gasteiger partial charge on any atom is -0.497 e.